The van der Waals surface area contributed by atoms with Gasteiger partial charge >= 0.3 is 5.97 Å². The molecule has 5 nitrogen and oxygen atoms in total. The number of carbonyl (C=O) groups is 1. The van der Waals surface area contributed by atoms with Crippen LogP contribution in [0.1, 0.15) is 31.7 Å². The topological polar surface area (TPSA) is 63.7 Å². The van der Waals surface area contributed by atoms with Gasteiger partial charge in [0, 0.05) is 19.6 Å². The first-order valence-corrected chi connectivity index (χ1v) is 11.3. The molecular formula is C22H26FNO4S. The van der Waals surface area contributed by atoms with E-state index in [2.05, 4.69) is 4.90 Å². The summed E-state index contributed by atoms with van der Waals surface area (Å²) < 4.78 is 44.1. The van der Waals surface area contributed by atoms with Crippen LogP contribution in [0.15, 0.2) is 59.5 Å². The van der Waals surface area contributed by atoms with Crippen molar-refractivity contribution in [2.75, 3.05) is 19.7 Å². The Morgan fingerprint density at radius 2 is 1.69 bits per heavy atom. The van der Waals surface area contributed by atoms with Gasteiger partial charge in [-0.15, -0.1) is 0 Å². The molecule has 2 aromatic carbocycles. The van der Waals surface area contributed by atoms with Gasteiger partial charge in [-0.25, -0.2) is 12.8 Å². The number of hydrogen-bond donors (Lipinski definition) is 0. The Balaban J connectivity index is 1.83. The van der Waals surface area contributed by atoms with E-state index >= 15 is 0 Å². The Labute approximate surface area is 171 Å². The molecule has 0 atom stereocenters. The number of nitrogens with zero attached hydrogens (tertiary/aromatic N) is 1. The average molecular weight is 420 g/mol. The molecule has 1 aliphatic rings. The highest BCUT2D eigenvalue weighted by Gasteiger charge is 2.48. The van der Waals surface area contributed by atoms with Gasteiger partial charge in [-0.2, -0.15) is 0 Å². The number of hydrogen-bond acceptors (Lipinski definition) is 5. The second kappa shape index (κ2) is 9.05. The molecule has 0 saturated carbocycles. The van der Waals surface area contributed by atoms with E-state index < -0.39 is 26.4 Å². The van der Waals surface area contributed by atoms with Crippen molar-refractivity contribution in [2.24, 2.45) is 0 Å². The fourth-order valence-electron chi connectivity index (χ4n) is 3.84. The Hall–Kier alpha value is -2.25. The lowest BCUT2D eigenvalue weighted by atomic mass is 9.92. The Kier molecular flexibility index (Phi) is 6.70. The van der Waals surface area contributed by atoms with Crippen LogP contribution in [-0.4, -0.2) is 43.7 Å². The number of ether oxygens (including phenoxy) is 1. The second-order valence-corrected chi connectivity index (χ2v) is 9.73. The largest absolute Gasteiger partial charge is 0.466 e. The zero-order chi connectivity index (χ0) is 20.9. The molecule has 7 heteroatoms. The van der Waals surface area contributed by atoms with Gasteiger partial charge in [-0.1, -0.05) is 30.3 Å². The summed E-state index contributed by atoms with van der Waals surface area (Å²) in [5.41, 5.74) is 1.16. The van der Waals surface area contributed by atoms with Gasteiger partial charge in [0.15, 0.2) is 9.84 Å². The number of rotatable bonds is 7. The molecule has 1 aliphatic heterocycles. The van der Waals surface area contributed by atoms with Gasteiger partial charge in [0.25, 0.3) is 0 Å². The van der Waals surface area contributed by atoms with Gasteiger partial charge in [0.1, 0.15) is 5.82 Å². The molecule has 29 heavy (non-hydrogen) atoms. The summed E-state index contributed by atoms with van der Waals surface area (Å²) in [7, 11) is -3.84. The minimum atomic E-state index is -3.84. The summed E-state index contributed by atoms with van der Waals surface area (Å²) in [4.78, 5) is 14.5. The molecule has 0 amide bonds. The van der Waals surface area contributed by atoms with E-state index in [9.17, 15) is 17.6 Å². The quantitative estimate of drug-likeness (QED) is 0.507. The third-order valence-electron chi connectivity index (χ3n) is 5.48. The fraction of sp³-hybridized carbons (Fsp3) is 0.409. The summed E-state index contributed by atoms with van der Waals surface area (Å²) in [5, 5.41) is 0. The maximum absolute atomic E-state index is 13.5. The zero-order valence-electron chi connectivity index (χ0n) is 16.5. The maximum atomic E-state index is 13.5. The zero-order valence-corrected chi connectivity index (χ0v) is 17.3. The van der Waals surface area contributed by atoms with Crippen LogP contribution >= 0.6 is 0 Å². The molecule has 0 aliphatic carbocycles. The molecule has 2 aromatic rings. The van der Waals surface area contributed by atoms with Gasteiger partial charge < -0.3 is 4.74 Å². The highest BCUT2D eigenvalue weighted by atomic mass is 32.2. The SMILES string of the molecule is CCOC(=O)CC1(S(=O)(=O)c2ccc(F)cc2)CCN(Cc2ccccc2)CC1. The standard InChI is InChI=1S/C22H26FNO4S/c1-2-28-21(25)16-22(29(26,27)20-10-8-19(23)9-11-20)12-14-24(15-13-22)17-18-6-4-3-5-7-18/h3-11H,2,12-17H2,1H3. The Morgan fingerprint density at radius 3 is 2.28 bits per heavy atom. The summed E-state index contributed by atoms with van der Waals surface area (Å²) in [6.07, 6.45) is 0.441. The lowest BCUT2D eigenvalue weighted by molar-refractivity contribution is -0.144. The number of likely N-dealkylation sites (tertiary alicyclic amines) is 1. The highest BCUT2D eigenvalue weighted by molar-refractivity contribution is 7.92. The van der Waals surface area contributed by atoms with E-state index in [-0.39, 0.29) is 17.9 Å². The van der Waals surface area contributed by atoms with Crippen LogP contribution in [0.3, 0.4) is 0 Å². The normalized spacial score (nSPS) is 17.0. The molecule has 3 rings (SSSR count). The first kappa shape index (κ1) is 21.5. The van der Waals surface area contributed by atoms with Crippen molar-refractivity contribution < 1.29 is 22.3 Å². The van der Waals surface area contributed by atoms with Crippen molar-refractivity contribution >= 4 is 15.8 Å². The first-order valence-electron chi connectivity index (χ1n) is 9.78. The average Bonchev–Trinajstić information content (AvgIpc) is 2.71. The number of carbonyl (C=O) groups excluding carboxylic acids is 1. The van der Waals surface area contributed by atoms with Crippen LogP contribution in [0.5, 0.6) is 0 Å². The van der Waals surface area contributed by atoms with Crippen molar-refractivity contribution in [1.82, 2.24) is 4.90 Å². The lowest BCUT2D eigenvalue weighted by Crippen LogP contribution is -2.50. The minimum absolute atomic E-state index is 0.0414. The summed E-state index contributed by atoms with van der Waals surface area (Å²) >= 11 is 0. The van der Waals surface area contributed by atoms with Crippen molar-refractivity contribution in [3.63, 3.8) is 0 Å². The monoisotopic (exact) mass is 419 g/mol. The molecule has 0 spiro atoms. The Morgan fingerprint density at radius 1 is 1.07 bits per heavy atom. The van der Waals surface area contributed by atoms with Crippen molar-refractivity contribution in [2.45, 2.75) is 42.4 Å². The molecule has 1 saturated heterocycles. The predicted octanol–water partition coefficient (Wildman–Crippen LogP) is 3.59. The number of piperidine rings is 1. The summed E-state index contributed by atoms with van der Waals surface area (Å²) in [6, 6.07) is 14.8. The fourth-order valence-corrected chi connectivity index (χ4v) is 5.86. The van der Waals surface area contributed by atoms with Gasteiger partial charge in [0.2, 0.25) is 0 Å². The van der Waals surface area contributed by atoms with E-state index in [1.807, 2.05) is 30.3 Å². The molecule has 1 heterocycles. The van der Waals surface area contributed by atoms with Crippen LogP contribution in [0.2, 0.25) is 0 Å². The highest BCUT2D eigenvalue weighted by Crippen LogP contribution is 2.39. The molecule has 0 bridgehead atoms. The molecule has 1 fully saturated rings. The number of benzene rings is 2. The molecule has 156 valence electrons. The predicted molar refractivity (Wildman–Crippen MR) is 109 cm³/mol. The van der Waals surface area contributed by atoms with Crippen LogP contribution in [-0.2, 0) is 25.9 Å². The van der Waals surface area contributed by atoms with Gasteiger partial charge in [-0.05, 0) is 49.6 Å². The van der Waals surface area contributed by atoms with Crippen LogP contribution in [0, 0.1) is 5.82 Å². The van der Waals surface area contributed by atoms with E-state index in [0.29, 0.717) is 25.9 Å². The van der Waals surface area contributed by atoms with Crippen LogP contribution in [0.25, 0.3) is 0 Å². The van der Waals surface area contributed by atoms with E-state index in [1.165, 1.54) is 12.1 Å². The Bertz CT molecular complexity index is 921. The van der Waals surface area contributed by atoms with Gasteiger partial charge in [0.05, 0.1) is 22.7 Å². The van der Waals surface area contributed by atoms with Crippen LogP contribution in [0.4, 0.5) is 4.39 Å². The minimum Gasteiger partial charge on any atom is -0.466 e. The van der Waals surface area contributed by atoms with Crippen molar-refractivity contribution in [1.29, 1.82) is 0 Å². The van der Waals surface area contributed by atoms with Crippen molar-refractivity contribution in [3.05, 3.63) is 66.0 Å². The second-order valence-electron chi connectivity index (χ2n) is 7.38. The summed E-state index contributed by atoms with van der Waals surface area (Å²) in [6.45, 7) is 3.73. The molecule has 0 N–H and O–H groups in total. The van der Waals surface area contributed by atoms with Gasteiger partial charge in [-0.3, -0.25) is 9.69 Å². The first-order chi connectivity index (χ1) is 13.9. The number of sulfone groups is 1. The van der Waals surface area contributed by atoms with Crippen LogP contribution < -0.4 is 0 Å². The summed E-state index contributed by atoms with van der Waals surface area (Å²) in [5.74, 6) is -1.02. The lowest BCUT2D eigenvalue weighted by Gasteiger charge is -2.40. The van der Waals surface area contributed by atoms with E-state index in [1.54, 1.807) is 6.92 Å². The number of esters is 1. The maximum Gasteiger partial charge on any atom is 0.307 e. The molecule has 0 unspecified atom stereocenters. The van der Waals surface area contributed by atoms with E-state index in [0.717, 1.165) is 24.2 Å². The molecular weight excluding hydrogens is 393 g/mol. The molecule has 0 aromatic heterocycles. The smallest absolute Gasteiger partial charge is 0.307 e. The molecule has 0 radical (unpaired) electrons. The number of halogens is 1. The third-order valence-corrected chi connectivity index (χ3v) is 8.07. The van der Waals surface area contributed by atoms with E-state index in [4.69, 9.17) is 4.74 Å². The third kappa shape index (κ3) is 4.85. The van der Waals surface area contributed by atoms with Crippen molar-refractivity contribution in [3.8, 4) is 0 Å².